The summed E-state index contributed by atoms with van der Waals surface area (Å²) in [5.41, 5.74) is 6.30. The number of hydrogen-bond acceptors (Lipinski definition) is 2. The number of furan rings is 1. The van der Waals surface area contributed by atoms with Crippen LogP contribution in [0, 0.1) is 0 Å². The quantitative estimate of drug-likeness (QED) is 0.757. The predicted molar refractivity (Wildman–Crippen MR) is 52.4 cm³/mol. The van der Waals surface area contributed by atoms with Crippen molar-refractivity contribution in [3.63, 3.8) is 0 Å². The Balaban J connectivity index is 1.99. The average Bonchev–Trinajstić information content (AvgIpc) is 2.57. The molecule has 0 radical (unpaired) electrons. The lowest BCUT2D eigenvalue weighted by Gasteiger charge is -2.32. The van der Waals surface area contributed by atoms with E-state index in [1.807, 2.05) is 12.1 Å². The van der Waals surface area contributed by atoms with Crippen molar-refractivity contribution >= 4 is 0 Å². The van der Waals surface area contributed by atoms with E-state index in [1.54, 1.807) is 6.26 Å². The van der Waals surface area contributed by atoms with Crippen LogP contribution in [0.2, 0.25) is 0 Å². The summed E-state index contributed by atoms with van der Waals surface area (Å²) in [5, 5.41) is 0. The van der Waals surface area contributed by atoms with E-state index in [0.29, 0.717) is 0 Å². The van der Waals surface area contributed by atoms with Crippen LogP contribution in [0.3, 0.4) is 0 Å². The van der Waals surface area contributed by atoms with Crippen LogP contribution in [-0.4, -0.2) is 5.54 Å². The zero-order valence-electron chi connectivity index (χ0n) is 7.96. The van der Waals surface area contributed by atoms with Gasteiger partial charge < -0.3 is 10.2 Å². The van der Waals surface area contributed by atoms with E-state index in [0.717, 1.165) is 25.0 Å². The first kappa shape index (κ1) is 8.82. The Kier molecular flexibility index (Phi) is 2.40. The second-order valence-electron chi connectivity index (χ2n) is 4.18. The normalized spacial score (nSPS) is 21.6. The topological polar surface area (TPSA) is 39.2 Å². The van der Waals surface area contributed by atoms with Gasteiger partial charge in [0, 0.05) is 12.0 Å². The Morgan fingerprint density at radius 3 is 2.69 bits per heavy atom. The summed E-state index contributed by atoms with van der Waals surface area (Å²) in [6, 6.07) is 3.95. The monoisotopic (exact) mass is 179 g/mol. The highest BCUT2D eigenvalue weighted by molar-refractivity contribution is 5.05. The van der Waals surface area contributed by atoms with Crippen LogP contribution in [0.1, 0.15) is 37.9 Å². The number of rotatable bonds is 2. The number of hydrogen-bond donors (Lipinski definition) is 1. The van der Waals surface area contributed by atoms with E-state index in [-0.39, 0.29) is 5.54 Å². The summed E-state index contributed by atoms with van der Waals surface area (Å²) in [4.78, 5) is 0. The van der Waals surface area contributed by atoms with E-state index in [4.69, 9.17) is 10.2 Å². The molecule has 0 bridgehead atoms. The van der Waals surface area contributed by atoms with Crippen LogP contribution in [0.15, 0.2) is 22.8 Å². The molecule has 1 aromatic heterocycles. The molecule has 1 aliphatic carbocycles. The summed E-state index contributed by atoms with van der Waals surface area (Å²) in [6.45, 7) is 0. The largest absolute Gasteiger partial charge is 0.469 e. The van der Waals surface area contributed by atoms with Gasteiger partial charge in [-0.3, -0.25) is 0 Å². The predicted octanol–water partition coefficient (Wildman–Crippen LogP) is 2.48. The molecule has 1 aromatic rings. The van der Waals surface area contributed by atoms with Crippen LogP contribution >= 0.6 is 0 Å². The minimum Gasteiger partial charge on any atom is -0.469 e. The van der Waals surface area contributed by atoms with Crippen molar-refractivity contribution in [1.29, 1.82) is 0 Å². The first-order chi connectivity index (χ1) is 6.29. The van der Waals surface area contributed by atoms with Crippen LogP contribution < -0.4 is 5.73 Å². The molecular weight excluding hydrogens is 162 g/mol. The lowest BCUT2D eigenvalue weighted by molar-refractivity contribution is 0.277. The first-order valence-corrected chi connectivity index (χ1v) is 5.10. The molecule has 1 aliphatic rings. The van der Waals surface area contributed by atoms with Crippen LogP contribution in [0.25, 0.3) is 0 Å². The van der Waals surface area contributed by atoms with Crippen molar-refractivity contribution in [3.05, 3.63) is 24.2 Å². The van der Waals surface area contributed by atoms with Gasteiger partial charge in [-0.25, -0.2) is 0 Å². The molecule has 72 valence electrons. The second kappa shape index (κ2) is 3.54. The van der Waals surface area contributed by atoms with Gasteiger partial charge in [0.05, 0.1) is 6.26 Å². The van der Waals surface area contributed by atoms with Crippen molar-refractivity contribution in [3.8, 4) is 0 Å². The molecule has 2 rings (SSSR count). The van der Waals surface area contributed by atoms with E-state index < -0.39 is 0 Å². The van der Waals surface area contributed by atoms with E-state index in [1.165, 1.54) is 19.3 Å². The molecule has 0 amide bonds. The van der Waals surface area contributed by atoms with Gasteiger partial charge in [0.2, 0.25) is 0 Å². The molecule has 0 spiro atoms. The van der Waals surface area contributed by atoms with Gasteiger partial charge in [-0.1, -0.05) is 19.3 Å². The summed E-state index contributed by atoms with van der Waals surface area (Å²) in [5.74, 6) is 1.03. The Labute approximate surface area is 79.1 Å². The third-order valence-electron chi connectivity index (χ3n) is 2.96. The molecule has 13 heavy (non-hydrogen) atoms. The standard InChI is InChI=1S/C11H17NO/c12-11(6-2-1-3-7-11)9-10-5-4-8-13-10/h4-5,8H,1-3,6-7,9,12H2. The van der Waals surface area contributed by atoms with E-state index in [9.17, 15) is 0 Å². The number of nitrogens with two attached hydrogens (primary N) is 1. The van der Waals surface area contributed by atoms with Crippen LogP contribution in [-0.2, 0) is 6.42 Å². The molecule has 1 fully saturated rings. The van der Waals surface area contributed by atoms with E-state index >= 15 is 0 Å². The molecule has 0 aromatic carbocycles. The maximum atomic E-state index is 6.29. The van der Waals surface area contributed by atoms with Gasteiger partial charge in [0.1, 0.15) is 5.76 Å². The van der Waals surface area contributed by atoms with Gasteiger partial charge in [-0.2, -0.15) is 0 Å². The van der Waals surface area contributed by atoms with Crippen molar-refractivity contribution in [2.24, 2.45) is 5.73 Å². The Hall–Kier alpha value is -0.760. The van der Waals surface area contributed by atoms with Crippen LogP contribution in [0.4, 0.5) is 0 Å². The first-order valence-electron chi connectivity index (χ1n) is 5.10. The molecule has 1 heterocycles. The lowest BCUT2D eigenvalue weighted by Crippen LogP contribution is -2.43. The molecule has 2 N–H and O–H groups in total. The Bertz CT molecular complexity index is 247. The zero-order valence-corrected chi connectivity index (χ0v) is 7.96. The maximum absolute atomic E-state index is 6.29. The third kappa shape index (κ3) is 2.13. The highest BCUT2D eigenvalue weighted by Crippen LogP contribution is 2.28. The maximum Gasteiger partial charge on any atom is 0.105 e. The fourth-order valence-electron chi connectivity index (χ4n) is 2.19. The Morgan fingerprint density at radius 1 is 1.31 bits per heavy atom. The minimum atomic E-state index is 0.0100. The molecule has 0 unspecified atom stereocenters. The van der Waals surface area contributed by atoms with Crippen LogP contribution in [0.5, 0.6) is 0 Å². The van der Waals surface area contributed by atoms with Crippen molar-refractivity contribution in [2.75, 3.05) is 0 Å². The Morgan fingerprint density at radius 2 is 2.08 bits per heavy atom. The van der Waals surface area contributed by atoms with Gasteiger partial charge in [0.25, 0.3) is 0 Å². The minimum absolute atomic E-state index is 0.0100. The summed E-state index contributed by atoms with van der Waals surface area (Å²) in [6.07, 6.45) is 8.81. The summed E-state index contributed by atoms with van der Waals surface area (Å²) < 4.78 is 5.32. The lowest BCUT2D eigenvalue weighted by atomic mass is 9.80. The van der Waals surface area contributed by atoms with Crippen molar-refractivity contribution < 1.29 is 4.42 Å². The molecule has 0 atom stereocenters. The van der Waals surface area contributed by atoms with Crippen molar-refractivity contribution in [1.82, 2.24) is 0 Å². The average molecular weight is 179 g/mol. The third-order valence-corrected chi connectivity index (χ3v) is 2.96. The summed E-state index contributed by atoms with van der Waals surface area (Å²) in [7, 11) is 0. The van der Waals surface area contributed by atoms with Gasteiger partial charge in [-0.05, 0) is 25.0 Å². The highest BCUT2D eigenvalue weighted by atomic mass is 16.3. The van der Waals surface area contributed by atoms with Gasteiger partial charge in [0.15, 0.2) is 0 Å². The molecule has 1 saturated carbocycles. The molecule has 2 nitrogen and oxygen atoms in total. The molecule has 0 saturated heterocycles. The smallest absolute Gasteiger partial charge is 0.105 e. The fourth-order valence-corrected chi connectivity index (χ4v) is 2.19. The van der Waals surface area contributed by atoms with Gasteiger partial charge in [-0.15, -0.1) is 0 Å². The zero-order chi connectivity index (χ0) is 9.15. The highest BCUT2D eigenvalue weighted by Gasteiger charge is 2.28. The second-order valence-corrected chi connectivity index (χ2v) is 4.18. The summed E-state index contributed by atoms with van der Waals surface area (Å²) >= 11 is 0. The molecule has 0 aliphatic heterocycles. The molecular formula is C11H17NO. The van der Waals surface area contributed by atoms with Gasteiger partial charge >= 0.3 is 0 Å². The fraction of sp³-hybridized carbons (Fsp3) is 0.636. The van der Waals surface area contributed by atoms with Crippen molar-refractivity contribution in [2.45, 2.75) is 44.1 Å². The molecule has 2 heteroatoms. The van der Waals surface area contributed by atoms with E-state index in [2.05, 4.69) is 0 Å². The SMILES string of the molecule is NC1(Cc2ccco2)CCCCC1.